The van der Waals surface area contributed by atoms with Crippen LogP contribution >= 0.6 is 0 Å². The molecule has 130 heavy (non-hydrogen) atoms. The second-order valence-electron chi connectivity index (χ2n) is 34.2. The summed E-state index contributed by atoms with van der Waals surface area (Å²) in [7, 11) is 0. The molecule has 4 aromatic heterocycles. The highest BCUT2D eigenvalue weighted by atomic mass is 16.3. The fourth-order valence-electron chi connectivity index (χ4n) is 20.8. The summed E-state index contributed by atoms with van der Waals surface area (Å²) >= 11 is 0. The van der Waals surface area contributed by atoms with Crippen molar-refractivity contribution in [2.24, 2.45) is 0 Å². The van der Waals surface area contributed by atoms with Crippen LogP contribution in [0, 0.1) is 0 Å². The maximum Gasteiger partial charge on any atom is 0.136 e. The SMILES string of the molecule is c1cc(-c2cc3ccccc3c3ccc(-c4ccc5c(c4)oc4cccc(-c6cccc(N(c7ccc(-c8ccc(-n9c%10ccccc%10c%10ccccc%109)cc8)cc7)c7ccc(-c8cc9ccccc9c9ccccc89)cc7)c6)c45)cc23)cc(N(c2ccc(-c3ccc(-n4c5ccccc5c5ccccc54)cc3)cc2)c2cccc(-c3cccc4oc5ccccc5c34)c2)c1. The van der Waals surface area contributed by atoms with Crippen LogP contribution in [0.2, 0.25) is 0 Å². The number of aromatic nitrogens is 2. The lowest BCUT2D eigenvalue weighted by Gasteiger charge is -2.27. The Hall–Kier alpha value is -17.3. The number of nitrogens with zero attached hydrogens (tertiary/aromatic N) is 4. The number of hydrogen-bond donors (Lipinski definition) is 0. The topological polar surface area (TPSA) is 42.6 Å². The molecular formula is C124H78N4O2. The molecule has 4 heterocycles. The van der Waals surface area contributed by atoms with Crippen molar-refractivity contribution in [1.29, 1.82) is 0 Å². The Morgan fingerprint density at radius 3 is 0.938 bits per heavy atom. The van der Waals surface area contributed by atoms with Crippen molar-refractivity contribution in [2.75, 3.05) is 9.80 Å². The van der Waals surface area contributed by atoms with Crippen LogP contribution < -0.4 is 9.80 Å². The van der Waals surface area contributed by atoms with Crippen LogP contribution in [-0.2, 0) is 0 Å². The van der Waals surface area contributed by atoms with Crippen LogP contribution in [0.25, 0.3) is 220 Å². The van der Waals surface area contributed by atoms with Gasteiger partial charge in [0, 0.05) is 88.6 Å². The first-order valence-corrected chi connectivity index (χ1v) is 44.6. The van der Waals surface area contributed by atoms with Crippen LogP contribution in [0.4, 0.5) is 34.1 Å². The first kappa shape index (κ1) is 74.1. The van der Waals surface area contributed by atoms with Crippen molar-refractivity contribution in [3.05, 3.63) is 473 Å². The van der Waals surface area contributed by atoms with Crippen LogP contribution in [0.1, 0.15) is 0 Å². The number of furan rings is 2. The molecule has 6 nitrogen and oxygen atoms in total. The summed E-state index contributed by atoms with van der Waals surface area (Å²) < 4.78 is 18.3. The van der Waals surface area contributed by atoms with E-state index >= 15 is 0 Å². The number of fused-ring (bicyclic) bond motifs is 18. The van der Waals surface area contributed by atoms with E-state index in [2.05, 4.69) is 486 Å². The fraction of sp³-hybridized carbons (Fsp3) is 0. The molecule has 22 aromatic carbocycles. The Morgan fingerprint density at radius 1 is 0.154 bits per heavy atom. The Kier molecular flexibility index (Phi) is 17.2. The van der Waals surface area contributed by atoms with E-state index in [9.17, 15) is 0 Å². The van der Waals surface area contributed by atoms with Crippen LogP contribution in [-0.4, -0.2) is 9.13 Å². The molecule has 0 fully saturated rings. The fourth-order valence-corrected chi connectivity index (χ4v) is 20.8. The standard InChI is InChI=1S/C124H78N4O2/c1-3-30-99-89(22-1)76-112(104-33-6-5-32-103(99)104)83-56-68-92(69-57-83)125(91-60-48-79(49-61-91)81-52-64-94(65-53-81)127-115-41-12-7-34-106(115)107-35-8-13-42-116(107)127)96-27-17-24-86(72-96)102-40-21-47-121-124(102)111-71-59-85(78-122(111)130-121)84-58-70-105-100-31-4-2-23-90(100)77-113(114(105)75-84)88-26-19-29-98(74-88)126(97-28-18-25-87(73-97)101-39-20-46-120-123(101)110-38-11-16-45-119(110)129-120)93-62-50-80(51-63-93)82-54-66-95(67-55-82)128-117-43-14-9-36-108(117)109-37-10-15-44-118(109)128/h1-78H. The third-order valence-corrected chi connectivity index (χ3v) is 26.9. The van der Waals surface area contributed by atoms with Gasteiger partial charge in [0.25, 0.3) is 0 Å². The van der Waals surface area contributed by atoms with Crippen LogP contribution in [0.15, 0.2) is 482 Å². The highest BCUT2D eigenvalue weighted by molar-refractivity contribution is 6.19. The Morgan fingerprint density at radius 2 is 0.469 bits per heavy atom. The Labute approximate surface area is 749 Å². The predicted molar refractivity (Wildman–Crippen MR) is 547 cm³/mol. The minimum atomic E-state index is 0.824. The largest absolute Gasteiger partial charge is 0.456 e. The van der Waals surface area contributed by atoms with Gasteiger partial charge in [0.2, 0.25) is 0 Å². The molecule has 606 valence electrons. The van der Waals surface area contributed by atoms with Gasteiger partial charge in [-0.1, -0.05) is 303 Å². The van der Waals surface area contributed by atoms with Crippen molar-refractivity contribution in [3.8, 4) is 89.3 Å². The number of benzene rings is 22. The van der Waals surface area contributed by atoms with Crippen molar-refractivity contribution >= 4 is 165 Å². The van der Waals surface area contributed by atoms with Crippen molar-refractivity contribution in [3.63, 3.8) is 0 Å². The van der Waals surface area contributed by atoms with Gasteiger partial charge in [-0.3, -0.25) is 0 Å². The Balaban J connectivity index is 0.553. The molecule has 6 heteroatoms. The lowest BCUT2D eigenvalue weighted by molar-refractivity contribution is 0.668. The number of para-hydroxylation sites is 5. The van der Waals surface area contributed by atoms with E-state index in [1.165, 1.54) is 86.9 Å². The molecule has 0 atom stereocenters. The van der Waals surface area contributed by atoms with Gasteiger partial charge in [-0.05, 0) is 291 Å². The third-order valence-electron chi connectivity index (χ3n) is 26.9. The summed E-state index contributed by atoms with van der Waals surface area (Å²) in [4.78, 5) is 4.80. The van der Waals surface area contributed by atoms with Crippen molar-refractivity contribution in [2.45, 2.75) is 0 Å². The van der Waals surface area contributed by atoms with Gasteiger partial charge in [0.05, 0.1) is 22.1 Å². The number of rotatable bonds is 15. The molecule has 0 saturated carbocycles. The van der Waals surface area contributed by atoms with Gasteiger partial charge in [0.15, 0.2) is 0 Å². The quantitative estimate of drug-likeness (QED) is 0.0960. The van der Waals surface area contributed by atoms with Crippen LogP contribution in [0.5, 0.6) is 0 Å². The molecule has 26 aromatic rings. The minimum absolute atomic E-state index is 0.824. The lowest BCUT2D eigenvalue weighted by Crippen LogP contribution is -2.10. The Bertz CT molecular complexity index is 8940. The molecule has 0 amide bonds. The molecule has 0 aliphatic carbocycles. The van der Waals surface area contributed by atoms with E-state index < -0.39 is 0 Å². The molecule has 0 aliphatic rings. The van der Waals surface area contributed by atoms with E-state index in [0.717, 1.165) is 167 Å². The summed E-state index contributed by atoms with van der Waals surface area (Å²) in [6, 6.07) is 173. The smallest absolute Gasteiger partial charge is 0.136 e. The summed E-state index contributed by atoms with van der Waals surface area (Å²) in [5.74, 6) is 0. The second-order valence-corrected chi connectivity index (χ2v) is 34.2. The average Bonchev–Trinajstić information content (AvgIpc) is 1.68. The molecular weight excluding hydrogens is 1580 g/mol. The molecule has 0 N–H and O–H groups in total. The lowest BCUT2D eigenvalue weighted by atomic mass is 9.90. The molecule has 0 radical (unpaired) electrons. The normalized spacial score (nSPS) is 11.8. The van der Waals surface area contributed by atoms with Gasteiger partial charge in [-0.15, -0.1) is 0 Å². The summed E-state index contributed by atoms with van der Waals surface area (Å²) in [6.07, 6.45) is 0. The van der Waals surface area contributed by atoms with Gasteiger partial charge < -0.3 is 27.8 Å². The third kappa shape index (κ3) is 12.3. The highest BCUT2D eigenvalue weighted by Crippen LogP contribution is 2.49. The zero-order valence-electron chi connectivity index (χ0n) is 70.6. The zero-order valence-corrected chi connectivity index (χ0v) is 70.6. The van der Waals surface area contributed by atoms with Gasteiger partial charge in [0.1, 0.15) is 22.3 Å². The van der Waals surface area contributed by atoms with Gasteiger partial charge in [-0.2, -0.15) is 0 Å². The maximum atomic E-state index is 7.06. The minimum Gasteiger partial charge on any atom is -0.456 e. The molecule has 0 spiro atoms. The summed E-state index contributed by atoms with van der Waals surface area (Å²) in [5, 5.41) is 19.0. The molecule has 0 aliphatic heterocycles. The summed E-state index contributed by atoms with van der Waals surface area (Å²) in [5.41, 5.74) is 32.3. The number of hydrogen-bond acceptors (Lipinski definition) is 4. The zero-order chi connectivity index (χ0) is 85.4. The first-order chi connectivity index (χ1) is 64.4. The van der Waals surface area contributed by atoms with Gasteiger partial charge >= 0.3 is 0 Å². The van der Waals surface area contributed by atoms with Crippen LogP contribution in [0.3, 0.4) is 0 Å². The van der Waals surface area contributed by atoms with Crippen molar-refractivity contribution < 1.29 is 8.83 Å². The van der Waals surface area contributed by atoms with E-state index in [1.54, 1.807) is 0 Å². The molecule has 0 unspecified atom stereocenters. The monoisotopic (exact) mass is 1650 g/mol. The first-order valence-electron chi connectivity index (χ1n) is 44.6. The van der Waals surface area contributed by atoms with E-state index in [4.69, 9.17) is 8.83 Å². The molecule has 0 bridgehead atoms. The van der Waals surface area contributed by atoms with E-state index in [1.807, 2.05) is 6.07 Å². The van der Waals surface area contributed by atoms with Gasteiger partial charge in [-0.25, -0.2) is 0 Å². The van der Waals surface area contributed by atoms with E-state index in [-0.39, 0.29) is 0 Å². The molecule has 0 saturated heterocycles. The van der Waals surface area contributed by atoms with Crippen molar-refractivity contribution in [1.82, 2.24) is 9.13 Å². The number of anilines is 6. The average molecular weight is 1660 g/mol. The molecule has 26 rings (SSSR count). The maximum absolute atomic E-state index is 7.06. The highest BCUT2D eigenvalue weighted by Gasteiger charge is 2.24. The predicted octanol–water partition coefficient (Wildman–Crippen LogP) is 34.9. The summed E-state index contributed by atoms with van der Waals surface area (Å²) in [6.45, 7) is 0. The second kappa shape index (κ2) is 30.2. The van der Waals surface area contributed by atoms with E-state index in [0.29, 0.717) is 0 Å².